The quantitative estimate of drug-likeness (QED) is 0.820. The fourth-order valence-electron chi connectivity index (χ4n) is 1.14. The third-order valence-electron chi connectivity index (χ3n) is 2.22. The standard InChI is InChI=1S/C13H16N2O/c1-11(15-2)3-4-12-5-7-13(8-6-12)16-10-9-14/h3-8,11,15H,10H2,1-2H3/b4-3+. The van der Waals surface area contributed by atoms with Crippen molar-refractivity contribution in [3.05, 3.63) is 35.9 Å². The van der Waals surface area contributed by atoms with Gasteiger partial charge in [-0.15, -0.1) is 0 Å². The molecule has 0 heterocycles. The number of benzene rings is 1. The normalized spacial score (nSPS) is 12.3. The van der Waals surface area contributed by atoms with Crippen molar-refractivity contribution in [1.82, 2.24) is 5.32 Å². The van der Waals surface area contributed by atoms with Crippen LogP contribution in [-0.2, 0) is 0 Å². The molecule has 0 aliphatic rings. The first-order valence-corrected chi connectivity index (χ1v) is 5.21. The Hall–Kier alpha value is -1.79. The minimum atomic E-state index is 0.0893. The Morgan fingerprint density at radius 2 is 2.12 bits per heavy atom. The minimum Gasteiger partial charge on any atom is -0.479 e. The first kappa shape index (κ1) is 12.3. The van der Waals surface area contributed by atoms with Crippen LogP contribution in [0.15, 0.2) is 30.3 Å². The molecule has 1 aromatic carbocycles. The van der Waals surface area contributed by atoms with Gasteiger partial charge in [0.15, 0.2) is 6.61 Å². The summed E-state index contributed by atoms with van der Waals surface area (Å²) in [5.41, 5.74) is 1.12. The molecule has 0 saturated carbocycles. The van der Waals surface area contributed by atoms with E-state index in [2.05, 4.69) is 24.4 Å². The Morgan fingerprint density at radius 3 is 2.69 bits per heavy atom. The van der Waals surface area contributed by atoms with Crippen LogP contribution in [0.5, 0.6) is 5.75 Å². The van der Waals surface area contributed by atoms with Gasteiger partial charge in [-0.3, -0.25) is 0 Å². The largest absolute Gasteiger partial charge is 0.479 e. The van der Waals surface area contributed by atoms with Gasteiger partial charge in [0, 0.05) is 6.04 Å². The summed E-state index contributed by atoms with van der Waals surface area (Å²) < 4.78 is 5.16. The zero-order valence-electron chi connectivity index (χ0n) is 9.60. The van der Waals surface area contributed by atoms with Gasteiger partial charge in [-0.2, -0.15) is 5.26 Å². The maximum Gasteiger partial charge on any atom is 0.174 e. The Morgan fingerprint density at radius 1 is 1.44 bits per heavy atom. The van der Waals surface area contributed by atoms with Crippen molar-refractivity contribution < 1.29 is 4.74 Å². The van der Waals surface area contributed by atoms with Gasteiger partial charge in [-0.25, -0.2) is 0 Å². The third-order valence-corrected chi connectivity index (χ3v) is 2.22. The Bertz CT molecular complexity index is 376. The number of nitrogens with one attached hydrogen (secondary N) is 1. The zero-order valence-corrected chi connectivity index (χ0v) is 9.60. The number of hydrogen-bond acceptors (Lipinski definition) is 3. The summed E-state index contributed by atoms with van der Waals surface area (Å²) in [7, 11) is 1.92. The molecule has 0 saturated heterocycles. The summed E-state index contributed by atoms with van der Waals surface area (Å²) in [5, 5.41) is 11.5. The molecule has 0 aliphatic carbocycles. The molecule has 0 radical (unpaired) electrons. The summed E-state index contributed by atoms with van der Waals surface area (Å²) in [4.78, 5) is 0. The smallest absolute Gasteiger partial charge is 0.174 e. The highest BCUT2D eigenvalue weighted by atomic mass is 16.5. The molecule has 84 valence electrons. The van der Waals surface area contributed by atoms with Crippen molar-refractivity contribution in [2.24, 2.45) is 0 Å². The summed E-state index contributed by atoms with van der Waals surface area (Å²) in [6, 6.07) is 9.94. The van der Waals surface area contributed by atoms with Crippen LogP contribution in [-0.4, -0.2) is 19.7 Å². The van der Waals surface area contributed by atoms with E-state index in [1.807, 2.05) is 37.4 Å². The van der Waals surface area contributed by atoms with Crippen molar-refractivity contribution in [2.45, 2.75) is 13.0 Å². The molecule has 3 heteroatoms. The van der Waals surface area contributed by atoms with E-state index >= 15 is 0 Å². The highest BCUT2D eigenvalue weighted by molar-refractivity contribution is 5.51. The van der Waals surface area contributed by atoms with Gasteiger partial charge >= 0.3 is 0 Å². The van der Waals surface area contributed by atoms with Gasteiger partial charge in [-0.1, -0.05) is 24.3 Å². The maximum absolute atomic E-state index is 8.36. The van der Waals surface area contributed by atoms with Gasteiger partial charge < -0.3 is 10.1 Å². The van der Waals surface area contributed by atoms with Crippen molar-refractivity contribution in [3.63, 3.8) is 0 Å². The Labute approximate surface area is 96.4 Å². The highest BCUT2D eigenvalue weighted by Crippen LogP contribution is 2.13. The van der Waals surface area contributed by atoms with Crippen LogP contribution in [0.3, 0.4) is 0 Å². The van der Waals surface area contributed by atoms with E-state index < -0.39 is 0 Å². The average Bonchev–Trinajstić information content (AvgIpc) is 2.34. The van der Waals surface area contributed by atoms with Crippen molar-refractivity contribution in [2.75, 3.05) is 13.7 Å². The van der Waals surface area contributed by atoms with E-state index in [-0.39, 0.29) is 6.61 Å². The number of rotatable bonds is 5. The van der Waals surface area contributed by atoms with Crippen LogP contribution in [0.4, 0.5) is 0 Å². The van der Waals surface area contributed by atoms with Crippen LogP contribution in [0.2, 0.25) is 0 Å². The van der Waals surface area contributed by atoms with Gasteiger partial charge in [0.2, 0.25) is 0 Å². The molecule has 0 aromatic heterocycles. The molecule has 0 spiro atoms. The zero-order chi connectivity index (χ0) is 11.8. The summed E-state index contributed by atoms with van der Waals surface area (Å²) >= 11 is 0. The molecule has 0 bridgehead atoms. The second-order valence-corrected chi connectivity index (χ2v) is 3.45. The first-order chi connectivity index (χ1) is 7.76. The molecule has 0 amide bonds. The summed E-state index contributed by atoms with van der Waals surface area (Å²) in [6.45, 7) is 2.17. The van der Waals surface area contributed by atoms with E-state index in [0.717, 1.165) is 11.3 Å². The van der Waals surface area contributed by atoms with Gasteiger partial charge in [0.1, 0.15) is 11.8 Å². The molecule has 0 fully saturated rings. The lowest BCUT2D eigenvalue weighted by Crippen LogP contribution is -2.17. The third kappa shape index (κ3) is 4.16. The second-order valence-electron chi connectivity index (χ2n) is 3.45. The Kier molecular flexibility index (Phi) is 5.10. The molecule has 0 aliphatic heterocycles. The lowest BCUT2D eigenvalue weighted by atomic mass is 10.2. The molecule has 16 heavy (non-hydrogen) atoms. The van der Waals surface area contributed by atoms with Gasteiger partial charge in [-0.05, 0) is 31.7 Å². The number of ether oxygens (including phenoxy) is 1. The second kappa shape index (κ2) is 6.65. The van der Waals surface area contributed by atoms with Crippen LogP contribution in [0, 0.1) is 11.3 Å². The lowest BCUT2D eigenvalue weighted by Gasteiger charge is -2.03. The van der Waals surface area contributed by atoms with Crippen molar-refractivity contribution >= 4 is 6.08 Å². The van der Waals surface area contributed by atoms with Crippen LogP contribution in [0.25, 0.3) is 6.08 Å². The van der Waals surface area contributed by atoms with E-state index in [1.54, 1.807) is 0 Å². The van der Waals surface area contributed by atoms with E-state index in [4.69, 9.17) is 10.00 Å². The van der Waals surface area contributed by atoms with Gasteiger partial charge in [0.05, 0.1) is 0 Å². The minimum absolute atomic E-state index is 0.0893. The number of nitrogens with zero attached hydrogens (tertiary/aromatic N) is 1. The molecule has 1 rings (SSSR count). The van der Waals surface area contributed by atoms with Crippen LogP contribution < -0.4 is 10.1 Å². The molecule has 1 aromatic rings. The predicted molar refractivity (Wildman–Crippen MR) is 65.1 cm³/mol. The van der Waals surface area contributed by atoms with Crippen LogP contribution >= 0.6 is 0 Å². The van der Waals surface area contributed by atoms with Gasteiger partial charge in [0.25, 0.3) is 0 Å². The highest BCUT2D eigenvalue weighted by Gasteiger charge is 1.93. The molecule has 1 atom stereocenters. The monoisotopic (exact) mass is 216 g/mol. The molecule has 3 nitrogen and oxygen atoms in total. The summed E-state index contributed by atoms with van der Waals surface area (Å²) in [6.07, 6.45) is 4.14. The molecule has 1 N–H and O–H groups in total. The number of nitriles is 1. The predicted octanol–water partition coefficient (Wildman–Crippen LogP) is 2.21. The maximum atomic E-state index is 8.36. The Balaban J connectivity index is 2.58. The number of likely N-dealkylation sites (N-methyl/N-ethyl adjacent to an activating group) is 1. The van der Waals surface area contributed by atoms with E-state index in [0.29, 0.717) is 6.04 Å². The lowest BCUT2D eigenvalue weighted by molar-refractivity contribution is 0.368. The number of hydrogen-bond donors (Lipinski definition) is 1. The molecular weight excluding hydrogens is 200 g/mol. The van der Waals surface area contributed by atoms with Crippen molar-refractivity contribution in [3.8, 4) is 11.8 Å². The van der Waals surface area contributed by atoms with Crippen molar-refractivity contribution in [1.29, 1.82) is 5.26 Å². The molecule has 1 unspecified atom stereocenters. The summed E-state index contributed by atoms with van der Waals surface area (Å²) in [5.74, 6) is 0.723. The average molecular weight is 216 g/mol. The first-order valence-electron chi connectivity index (χ1n) is 5.21. The SMILES string of the molecule is CNC(C)/C=C/c1ccc(OCC#N)cc1. The fraction of sp³-hybridized carbons (Fsp3) is 0.308. The van der Waals surface area contributed by atoms with E-state index in [9.17, 15) is 0 Å². The topological polar surface area (TPSA) is 45.0 Å². The fourth-order valence-corrected chi connectivity index (χ4v) is 1.14. The van der Waals surface area contributed by atoms with E-state index in [1.165, 1.54) is 0 Å². The van der Waals surface area contributed by atoms with Crippen LogP contribution in [0.1, 0.15) is 12.5 Å². The molecular formula is C13H16N2O.